The van der Waals surface area contributed by atoms with Gasteiger partial charge in [0, 0.05) is 29.1 Å². The number of hydrogen-bond donors (Lipinski definition) is 1. The van der Waals surface area contributed by atoms with Gasteiger partial charge < -0.3 is 14.8 Å². The second-order valence-corrected chi connectivity index (χ2v) is 10.5. The molecule has 0 saturated heterocycles. The fourth-order valence-corrected chi connectivity index (χ4v) is 4.57. The third kappa shape index (κ3) is 5.81. The van der Waals surface area contributed by atoms with Gasteiger partial charge in [-0.1, -0.05) is 18.2 Å². The number of anilines is 1. The highest BCUT2D eigenvalue weighted by atomic mass is 32.2. The van der Waals surface area contributed by atoms with Crippen molar-refractivity contribution in [2.75, 3.05) is 24.7 Å². The minimum absolute atomic E-state index is 0.180. The number of benzene rings is 2. The van der Waals surface area contributed by atoms with Crippen LogP contribution in [0.1, 0.15) is 25.3 Å². The van der Waals surface area contributed by atoms with E-state index in [-0.39, 0.29) is 13.2 Å². The number of nitrogens with one attached hydrogen (secondary N) is 1. The molecule has 1 heterocycles. The number of rotatable bonds is 8. The van der Waals surface area contributed by atoms with Gasteiger partial charge in [-0.25, -0.2) is 19.0 Å². The average Bonchev–Trinajstić information content (AvgIpc) is 3.61. The molecule has 3 aromatic rings. The maximum absolute atomic E-state index is 12.9. The topological polar surface area (TPSA) is 103 Å². The highest BCUT2D eigenvalue weighted by Gasteiger charge is 2.21. The Morgan fingerprint density at radius 3 is 2.85 bits per heavy atom. The van der Waals surface area contributed by atoms with E-state index in [1.54, 1.807) is 31.5 Å². The minimum Gasteiger partial charge on any atom is -0.489 e. The van der Waals surface area contributed by atoms with Crippen molar-refractivity contribution in [2.24, 2.45) is 10.3 Å². The monoisotopic (exact) mass is 466 g/mol. The van der Waals surface area contributed by atoms with E-state index >= 15 is 0 Å². The minimum atomic E-state index is -2.92. The average molecular weight is 466 g/mol. The van der Waals surface area contributed by atoms with Crippen LogP contribution >= 0.6 is 0 Å². The summed E-state index contributed by atoms with van der Waals surface area (Å²) in [5.41, 5.74) is 2.59. The molecule has 1 saturated carbocycles. The Balaban J connectivity index is 1.51. The molecule has 1 aromatic heterocycles. The second-order valence-electron chi connectivity index (χ2n) is 8.21. The van der Waals surface area contributed by atoms with Gasteiger partial charge >= 0.3 is 6.09 Å². The number of hydrogen-bond acceptors (Lipinski definition) is 7. The Morgan fingerprint density at radius 2 is 2.09 bits per heavy atom. The quantitative estimate of drug-likeness (QED) is 0.510. The van der Waals surface area contributed by atoms with Crippen molar-refractivity contribution in [3.63, 3.8) is 0 Å². The Kier molecular flexibility index (Phi) is 6.83. The van der Waals surface area contributed by atoms with Gasteiger partial charge in [0.2, 0.25) is 0 Å². The fourth-order valence-electron chi connectivity index (χ4n) is 3.43. The predicted molar refractivity (Wildman–Crippen MR) is 131 cm³/mol. The Hall–Kier alpha value is -3.14. The first-order valence-corrected chi connectivity index (χ1v) is 12.9. The van der Waals surface area contributed by atoms with Crippen molar-refractivity contribution >= 4 is 45.9 Å². The van der Waals surface area contributed by atoms with Crippen LogP contribution in [0.25, 0.3) is 10.9 Å². The Bertz CT molecular complexity index is 1300. The molecule has 1 fully saturated rings. The second kappa shape index (κ2) is 9.78. The first-order chi connectivity index (χ1) is 15.9. The standard InChI is InChI=1S/C23H27BN4O4S/c1-3-31-23(29)28-33(2,30)17-6-4-5-16(9-17)13-32-21-11-20-18(10-19(21)24)22(27-14-26-20)25-12-15-7-8-15/h4-6,9-11,14-15H,3,7-8,12-13,24H2,1-2H3,(H,25,26,27). The van der Waals surface area contributed by atoms with Crippen molar-refractivity contribution in [1.82, 2.24) is 9.97 Å². The summed E-state index contributed by atoms with van der Waals surface area (Å²) in [4.78, 5) is 20.9. The maximum Gasteiger partial charge on any atom is 0.442 e. The molecule has 1 aliphatic carbocycles. The van der Waals surface area contributed by atoms with E-state index < -0.39 is 15.8 Å². The summed E-state index contributed by atoms with van der Waals surface area (Å²) < 4.78 is 27.5. The van der Waals surface area contributed by atoms with Crippen molar-refractivity contribution in [3.05, 3.63) is 48.3 Å². The molecular formula is C23H27BN4O4S. The lowest BCUT2D eigenvalue weighted by molar-refractivity contribution is 0.164. The molecule has 10 heteroatoms. The molecule has 8 nitrogen and oxygen atoms in total. The molecule has 0 radical (unpaired) electrons. The molecule has 2 aromatic carbocycles. The zero-order valence-electron chi connectivity index (χ0n) is 19.0. The molecule has 1 N–H and O–H groups in total. The summed E-state index contributed by atoms with van der Waals surface area (Å²) in [5, 5.41) is 4.40. The van der Waals surface area contributed by atoms with Gasteiger partial charge in [-0.3, -0.25) is 0 Å². The zero-order chi connectivity index (χ0) is 23.4. The van der Waals surface area contributed by atoms with Crippen LogP contribution in [0.5, 0.6) is 5.75 Å². The van der Waals surface area contributed by atoms with Crippen LogP contribution in [0.3, 0.4) is 0 Å². The molecule has 0 bridgehead atoms. The van der Waals surface area contributed by atoms with E-state index in [9.17, 15) is 9.00 Å². The number of fused-ring (bicyclic) bond motifs is 1. The Labute approximate surface area is 194 Å². The molecule has 0 aliphatic heterocycles. The lowest BCUT2D eigenvalue weighted by Gasteiger charge is -2.13. The summed E-state index contributed by atoms with van der Waals surface area (Å²) in [7, 11) is -0.929. The van der Waals surface area contributed by atoms with Crippen molar-refractivity contribution in [2.45, 2.75) is 31.3 Å². The Morgan fingerprint density at radius 1 is 1.27 bits per heavy atom. The van der Waals surface area contributed by atoms with Crippen molar-refractivity contribution in [1.29, 1.82) is 0 Å². The highest BCUT2D eigenvalue weighted by molar-refractivity contribution is 7.93. The van der Waals surface area contributed by atoms with Crippen molar-refractivity contribution in [3.8, 4) is 5.75 Å². The summed E-state index contributed by atoms with van der Waals surface area (Å²) in [6.07, 6.45) is 4.71. The van der Waals surface area contributed by atoms with Crippen LogP contribution in [0.15, 0.2) is 52.0 Å². The summed E-state index contributed by atoms with van der Waals surface area (Å²) >= 11 is 0. The van der Waals surface area contributed by atoms with Gasteiger partial charge in [-0.2, -0.15) is 0 Å². The van der Waals surface area contributed by atoms with Crippen LogP contribution in [0, 0.1) is 5.92 Å². The summed E-state index contributed by atoms with van der Waals surface area (Å²) in [6.45, 7) is 3.06. The van der Waals surface area contributed by atoms with E-state index in [1.807, 2.05) is 26.0 Å². The molecule has 172 valence electrons. The van der Waals surface area contributed by atoms with Crippen LogP contribution in [0.2, 0.25) is 0 Å². The number of carbonyl (C=O) groups excluding carboxylic acids is 1. The van der Waals surface area contributed by atoms with Crippen LogP contribution in [0.4, 0.5) is 10.6 Å². The summed E-state index contributed by atoms with van der Waals surface area (Å²) in [5.74, 6) is 2.31. The lowest BCUT2D eigenvalue weighted by Crippen LogP contribution is -2.12. The lowest BCUT2D eigenvalue weighted by atomic mass is 9.93. The third-order valence-electron chi connectivity index (χ3n) is 5.43. The SMILES string of the molecule is Bc1cc2c(NCC3CC3)ncnc2cc1OCc1cccc(S(C)(=O)=NC(=O)OCC)c1. The van der Waals surface area contributed by atoms with Gasteiger partial charge in [-0.05, 0) is 48.8 Å². The van der Waals surface area contributed by atoms with Crippen molar-refractivity contribution < 1.29 is 18.5 Å². The molecule has 1 atom stereocenters. The van der Waals surface area contributed by atoms with E-state index in [0.717, 1.165) is 40.2 Å². The van der Waals surface area contributed by atoms with E-state index in [0.29, 0.717) is 10.6 Å². The number of aromatic nitrogens is 2. The highest BCUT2D eigenvalue weighted by Crippen LogP contribution is 2.30. The zero-order valence-corrected chi connectivity index (χ0v) is 19.9. The van der Waals surface area contributed by atoms with Gasteiger partial charge in [0.1, 0.15) is 32.3 Å². The van der Waals surface area contributed by atoms with Gasteiger partial charge in [-0.15, -0.1) is 4.36 Å². The van der Waals surface area contributed by atoms with Gasteiger partial charge in [0.15, 0.2) is 0 Å². The van der Waals surface area contributed by atoms with E-state index in [4.69, 9.17) is 9.47 Å². The molecule has 4 rings (SSSR count). The smallest absolute Gasteiger partial charge is 0.442 e. The van der Waals surface area contributed by atoms with Crippen LogP contribution < -0.4 is 15.5 Å². The fraction of sp³-hybridized carbons (Fsp3) is 0.348. The van der Waals surface area contributed by atoms with Gasteiger partial charge in [0.05, 0.1) is 21.9 Å². The van der Waals surface area contributed by atoms with Gasteiger partial charge in [0.25, 0.3) is 0 Å². The molecule has 1 unspecified atom stereocenters. The number of carbonyl (C=O) groups is 1. The first-order valence-electron chi connectivity index (χ1n) is 11.0. The maximum atomic E-state index is 12.9. The largest absolute Gasteiger partial charge is 0.489 e. The van der Waals surface area contributed by atoms with E-state index in [2.05, 4.69) is 19.6 Å². The van der Waals surface area contributed by atoms with Crippen LogP contribution in [-0.4, -0.2) is 47.5 Å². The molecule has 1 amide bonds. The molecular weight excluding hydrogens is 439 g/mol. The number of ether oxygens (including phenoxy) is 2. The van der Waals surface area contributed by atoms with E-state index in [1.165, 1.54) is 19.1 Å². The predicted octanol–water partition coefficient (Wildman–Crippen LogP) is 2.90. The molecule has 33 heavy (non-hydrogen) atoms. The first kappa shape index (κ1) is 23.0. The normalized spacial score (nSPS) is 15.0. The molecule has 0 spiro atoms. The van der Waals surface area contributed by atoms with Crippen LogP contribution in [-0.2, 0) is 21.1 Å². The number of nitrogens with zero attached hydrogens (tertiary/aromatic N) is 3. The number of amides is 1. The summed E-state index contributed by atoms with van der Waals surface area (Å²) in [6, 6.07) is 11.0. The third-order valence-corrected chi connectivity index (χ3v) is 7.06. The molecule has 1 aliphatic rings.